The molecule has 3 aliphatic carbocycles. The van der Waals surface area contributed by atoms with Crippen molar-refractivity contribution in [2.75, 3.05) is 0 Å². The van der Waals surface area contributed by atoms with Crippen LogP contribution >= 0.6 is 12.4 Å². The Hall–Kier alpha value is -0.970. The summed E-state index contributed by atoms with van der Waals surface area (Å²) in [4.78, 5) is 27.2. The fraction of sp³-hybridized carbons (Fsp3) is 0.739. The fourth-order valence-corrected chi connectivity index (χ4v) is 8.46. The lowest BCUT2D eigenvalue weighted by Gasteiger charge is -2.83. The number of Topliss-reactive ketones (excluding diaryl/α,β-unsaturated/α-hetero) is 2. The van der Waals surface area contributed by atoms with Gasteiger partial charge in [0.05, 0.1) is 22.7 Å². The first-order chi connectivity index (χ1) is 12.2. The lowest BCUT2D eigenvalue weighted by atomic mass is 9.20. The number of allylic oxidation sites excluding steroid dienone is 1. The maximum absolute atomic E-state index is 14.0. The molecule has 1 spiro atoms. The van der Waals surface area contributed by atoms with Gasteiger partial charge in [-0.3, -0.25) is 9.59 Å². The lowest BCUT2D eigenvalue weighted by molar-refractivity contribution is -0.342. The zero-order chi connectivity index (χ0) is 20.4. The fourth-order valence-electron chi connectivity index (χ4n) is 8.46. The number of ketones is 2. The van der Waals surface area contributed by atoms with E-state index >= 15 is 0 Å². The molecule has 1 heterocycles. The summed E-state index contributed by atoms with van der Waals surface area (Å²) in [6.45, 7) is 18.3. The summed E-state index contributed by atoms with van der Waals surface area (Å²) in [6, 6.07) is -0.420. The van der Waals surface area contributed by atoms with Gasteiger partial charge >= 0.3 is 0 Å². The van der Waals surface area contributed by atoms with Gasteiger partial charge in [0.2, 0.25) is 0 Å². The molecule has 6 atom stereocenters. The Labute approximate surface area is 174 Å². The van der Waals surface area contributed by atoms with Gasteiger partial charge in [0.1, 0.15) is 11.6 Å². The molecule has 0 aromatic heterocycles. The largest absolute Gasteiger partial charge is 0.362 e. The highest BCUT2D eigenvalue weighted by atomic mass is 35.5. The second-order valence-electron chi connectivity index (χ2n) is 11.1. The molecule has 3 fully saturated rings. The summed E-state index contributed by atoms with van der Waals surface area (Å²) >= 11 is 0. The Bertz CT molecular complexity index is 830. The molecule has 0 radical (unpaired) electrons. The van der Waals surface area contributed by atoms with Crippen LogP contribution in [0.15, 0.2) is 24.3 Å². The van der Waals surface area contributed by atoms with Crippen molar-refractivity contribution in [2.45, 2.75) is 78.6 Å². The highest BCUT2D eigenvalue weighted by molar-refractivity contribution is 5.99. The number of hydrogen-bond donors (Lipinski definition) is 1. The van der Waals surface area contributed by atoms with E-state index in [2.05, 4.69) is 47.3 Å². The molecule has 2 saturated carbocycles. The number of rotatable bonds is 1. The SMILES string of the molecule is C=C[C@@]1(C)CC(=O)[C@@]23C(C)(C)[C@H]4C(=O)CC(C)(C)C(=C[C@H](N)[C@@]2(C)O1)[C@]43C.Cl. The molecule has 0 unspecified atom stereocenters. The van der Waals surface area contributed by atoms with Crippen molar-refractivity contribution >= 4 is 24.0 Å². The average molecular weight is 408 g/mol. The van der Waals surface area contributed by atoms with Crippen molar-refractivity contribution < 1.29 is 14.3 Å². The van der Waals surface area contributed by atoms with Crippen LogP contribution in [0, 0.1) is 27.6 Å². The molecule has 4 aliphatic rings. The van der Waals surface area contributed by atoms with E-state index in [1.165, 1.54) is 5.57 Å². The zero-order valence-corrected chi connectivity index (χ0v) is 19.0. The maximum atomic E-state index is 14.0. The number of ether oxygens (including phenoxy) is 1. The third-order valence-electron chi connectivity index (χ3n) is 8.81. The Balaban J connectivity index is 0.00000225. The standard InChI is InChI=1S/C23H33NO3.ClH/c1-9-20(6)12-16(26)23-19(4,5)17-13(25)11-18(2,3)14(21(17,23)7)10-15(24)22(23,8)27-20;/h9-10,15,17H,1,11-12,24H2,2-8H3;1H/t15-,17+,20-,21+,22+,23-;/m0./s1. The van der Waals surface area contributed by atoms with Gasteiger partial charge in [0, 0.05) is 24.2 Å². The van der Waals surface area contributed by atoms with Crippen molar-refractivity contribution in [1.29, 1.82) is 0 Å². The predicted octanol–water partition coefficient (Wildman–Crippen LogP) is 4.02. The maximum Gasteiger partial charge on any atom is 0.146 e. The van der Waals surface area contributed by atoms with Crippen molar-refractivity contribution in [3.8, 4) is 0 Å². The molecule has 2 N–H and O–H groups in total. The molecule has 0 aromatic rings. The summed E-state index contributed by atoms with van der Waals surface area (Å²) in [5.41, 5.74) is 4.08. The van der Waals surface area contributed by atoms with E-state index in [0.717, 1.165) is 0 Å². The molecular formula is C23H34ClNO3. The highest BCUT2D eigenvalue weighted by Crippen LogP contribution is 2.84. The smallest absolute Gasteiger partial charge is 0.146 e. The highest BCUT2D eigenvalue weighted by Gasteiger charge is 2.89. The predicted molar refractivity (Wildman–Crippen MR) is 112 cm³/mol. The van der Waals surface area contributed by atoms with Crippen LogP contribution in [-0.2, 0) is 14.3 Å². The van der Waals surface area contributed by atoms with Gasteiger partial charge in [-0.25, -0.2) is 0 Å². The minimum atomic E-state index is -0.892. The van der Waals surface area contributed by atoms with E-state index in [9.17, 15) is 9.59 Å². The molecule has 4 nitrogen and oxygen atoms in total. The normalized spacial score (nSPS) is 50.4. The second-order valence-corrected chi connectivity index (χ2v) is 11.1. The molecule has 1 aliphatic heterocycles. The van der Waals surface area contributed by atoms with Gasteiger partial charge in [-0.2, -0.15) is 0 Å². The Morgan fingerprint density at radius 2 is 1.68 bits per heavy atom. The summed E-state index contributed by atoms with van der Waals surface area (Å²) in [5.74, 6) is 0.239. The minimum Gasteiger partial charge on any atom is -0.362 e. The number of carbonyl (C=O) groups excluding carboxylic acids is 2. The van der Waals surface area contributed by atoms with E-state index < -0.39 is 33.5 Å². The molecular weight excluding hydrogens is 374 g/mol. The van der Waals surface area contributed by atoms with Gasteiger partial charge in [-0.15, -0.1) is 19.0 Å². The summed E-state index contributed by atoms with van der Waals surface area (Å²) in [5, 5.41) is 0. The topological polar surface area (TPSA) is 69.4 Å². The van der Waals surface area contributed by atoms with E-state index in [-0.39, 0.29) is 41.7 Å². The summed E-state index contributed by atoms with van der Waals surface area (Å²) in [7, 11) is 0. The molecule has 0 aromatic carbocycles. The Kier molecular flexibility index (Phi) is 4.18. The molecule has 5 heteroatoms. The van der Waals surface area contributed by atoms with Crippen molar-refractivity contribution in [3.63, 3.8) is 0 Å². The first-order valence-corrected chi connectivity index (χ1v) is 10.0. The quantitative estimate of drug-likeness (QED) is 0.666. The molecule has 156 valence electrons. The number of carbonyl (C=O) groups is 2. The third kappa shape index (κ3) is 1.82. The molecule has 4 rings (SSSR count). The van der Waals surface area contributed by atoms with Crippen LogP contribution in [0.5, 0.6) is 0 Å². The van der Waals surface area contributed by atoms with Gasteiger partial charge in [0.15, 0.2) is 0 Å². The van der Waals surface area contributed by atoms with Gasteiger partial charge in [-0.1, -0.05) is 52.3 Å². The van der Waals surface area contributed by atoms with Gasteiger partial charge in [-0.05, 0) is 24.7 Å². The lowest BCUT2D eigenvalue weighted by Crippen LogP contribution is -2.89. The van der Waals surface area contributed by atoms with Crippen molar-refractivity contribution in [1.82, 2.24) is 0 Å². The van der Waals surface area contributed by atoms with Crippen LogP contribution in [0.4, 0.5) is 0 Å². The van der Waals surface area contributed by atoms with E-state index in [4.69, 9.17) is 10.5 Å². The van der Waals surface area contributed by atoms with Crippen LogP contribution in [0.3, 0.4) is 0 Å². The minimum absolute atomic E-state index is 0. The van der Waals surface area contributed by atoms with Crippen LogP contribution in [0.25, 0.3) is 0 Å². The first kappa shape index (κ1) is 21.7. The van der Waals surface area contributed by atoms with Gasteiger partial charge < -0.3 is 10.5 Å². The van der Waals surface area contributed by atoms with Crippen LogP contribution in [0.1, 0.15) is 61.3 Å². The second kappa shape index (κ2) is 5.39. The third-order valence-corrected chi connectivity index (χ3v) is 8.81. The summed E-state index contributed by atoms with van der Waals surface area (Å²) in [6.07, 6.45) is 4.60. The first-order valence-electron chi connectivity index (χ1n) is 10.0. The summed E-state index contributed by atoms with van der Waals surface area (Å²) < 4.78 is 6.67. The molecule has 28 heavy (non-hydrogen) atoms. The van der Waals surface area contributed by atoms with Crippen molar-refractivity contribution in [2.24, 2.45) is 33.3 Å². The molecule has 0 bridgehead atoms. The average Bonchev–Trinajstić information content (AvgIpc) is 2.47. The number of halogens is 1. The number of nitrogens with two attached hydrogens (primary N) is 1. The van der Waals surface area contributed by atoms with Crippen LogP contribution < -0.4 is 5.73 Å². The van der Waals surface area contributed by atoms with E-state index in [0.29, 0.717) is 6.42 Å². The van der Waals surface area contributed by atoms with Crippen LogP contribution in [0.2, 0.25) is 0 Å². The number of hydrogen-bond acceptors (Lipinski definition) is 4. The molecule has 0 amide bonds. The molecule has 1 saturated heterocycles. The van der Waals surface area contributed by atoms with Crippen LogP contribution in [-0.4, -0.2) is 28.8 Å². The van der Waals surface area contributed by atoms with E-state index in [1.807, 2.05) is 13.8 Å². The Morgan fingerprint density at radius 1 is 1.11 bits per heavy atom. The monoisotopic (exact) mass is 407 g/mol. The van der Waals surface area contributed by atoms with E-state index in [1.54, 1.807) is 6.08 Å². The Morgan fingerprint density at radius 3 is 2.21 bits per heavy atom. The van der Waals surface area contributed by atoms with Crippen molar-refractivity contribution in [3.05, 3.63) is 24.3 Å². The zero-order valence-electron chi connectivity index (χ0n) is 18.1. The van der Waals surface area contributed by atoms with Gasteiger partial charge in [0.25, 0.3) is 0 Å².